The topological polar surface area (TPSA) is 97.1 Å². The number of carboxylic acid groups (broad SMARTS) is 1. The van der Waals surface area contributed by atoms with Crippen LogP contribution < -0.4 is 5.32 Å². The van der Waals surface area contributed by atoms with Crippen LogP contribution in [0.25, 0.3) is 0 Å². The Morgan fingerprint density at radius 1 is 1.37 bits per heavy atom. The van der Waals surface area contributed by atoms with Gasteiger partial charge in [0.15, 0.2) is 5.69 Å². The summed E-state index contributed by atoms with van der Waals surface area (Å²) in [6, 6.07) is 0. The van der Waals surface area contributed by atoms with E-state index >= 15 is 0 Å². The van der Waals surface area contributed by atoms with E-state index in [1.54, 1.807) is 0 Å². The molecule has 1 aromatic rings. The van der Waals surface area contributed by atoms with Gasteiger partial charge in [-0.1, -0.05) is 26.0 Å². The predicted molar refractivity (Wildman–Crippen MR) is 69.0 cm³/mol. The second kappa shape index (κ2) is 5.81. The van der Waals surface area contributed by atoms with Crippen LogP contribution in [-0.4, -0.2) is 38.5 Å². The molecule has 2 N–H and O–H groups in total. The molecule has 0 saturated carbocycles. The number of hydrogen-bond acceptors (Lipinski definition) is 4. The Bertz CT molecular complexity index is 474. The molecule has 106 valence electrons. The van der Waals surface area contributed by atoms with E-state index in [9.17, 15) is 9.59 Å². The number of aromatic nitrogens is 3. The summed E-state index contributed by atoms with van der Waals surface area (Å²) in [4.78, 5) is 22.6. The van der Waals surface area contributed by atoms with Gasteiger partial charge in [0.05, 0.1) is 12.2 Å². The number of nitrogens with one attached hydrogen (secondary N) is 1. The number of amides is 1. The fourth-order valence-corrected chi connectivity index (χ4v) is 1.85. The molecule has 0 spiro atoms. The maximum absolute atomic E-state index is 11.4. The average Bonchev–Trinajstić information content (AvgIpc) is 2.70. The van der Waals surface area contributed by atoms with Crippen LogP contribution in [0.5, 0.6) is 0 Å². The first kappa shape index (κ1) is 15.1. The standard InChI is InChI=1S/C12H20N4O3/c1-5-13-8(17)6-7-16-10(12(2,3)4)9(11(18)19)14-15-16/h5-7H2,1-4H3,(H,13,17)(H,18,19). The largest absolute Gasteiger partial charge is 0.476 e. The van der Waals surface area contributed by atoms with Crippen molar-refractivity contribution in [3.8, 4) is 0 Å². The molecule has 0 aromatic carbocycles. The zero-order valence-electron chi connectivity index (χ0n) is 11.7. The monoisotopic (exact) mass is 268 g/mol. The lowest BCUT2D eigenvalue weighted by molar-refractivity contribution is -0.121. The van der Waals surface area contributed by atoms with E-state index in [0.29, 0.717) is 18.8 Å². The van der Waals surface area contributed by atoms with Gasteiger partial charge in [-0.2, -0.15) is 0 Å². The van der Waals surface area contributed by atoms with Crippen LogP contribution in [0.15, 0.2) is 0 Å². The summed E-state index contributed by atoms with van der Waals surface area (Å²) in [6.45, 7) is 8.40. The Hall–Kier alpha value is -1.92. The Labute approximate surface area is 112 Å². The van der Waals surface area contributed by atoms with E-state index in [2.05, 4.69) is 15.6 Å². The second-order valence-electron chi connectivity index (χ2n) is 5.27. The normalized spacial score (nSPS) is 11.4. The van der Waals surface area contributed by atoms with E-state index in [1.165, 1.54) is 4.68 Å². The molecule has 7 nitrogen and oxygen atoms in total. The third-order valence-corrected chi connectivity index (χ3v) is 2.57. The predicted octanol–water partition coefficient (Wildman–Crippen LogP) is 0.800. The molecule has 0 atom stereocenters. The van der Waals surface area contributed by atoms with Crippen molar-refractivity contribution in [1.29, 1.82) is 0 Å². The van der Waals surface area contributed by atoms with Crippen LogP contribution in [-0.2, 0) is 16.8 Å². The highest BCUT2D eigenvalue weighted by atomic mass is 16.4. The first-order valence-corrected chi connectivity index (χ1v) is 6.21. The van der Waals surface area contributed by atoms with Gasteiger partial charge < -0.3 is 10.4 Å². The van der Waals surface area contributed by atoms with Gasteiger partial charge in [-0.25, -0.2) is 9.48 Å². The van der Waals surface area contributed by atoms with Gasteiger partial charge in [0.2, 0.25) is 5.91 Å². The summed E-state index contributed by atoms with van der Waals surface area (Å²) in [7, 11) is 0. The molecule has 1 aromatic heterocycles. The molecule has 0 radical (unpaired) electrons. The Morgan fingerprint density at radius 3 is 2.47 bits per heavy atom. The molecule has 0 fully saturated rings. The highest BCUT2D eigenvalue weighted by molar-refractivity contribution is 5.86. The van der Waals surface area contributed by atoms with Crippen molar-refractivity contribution in [2.24, 2.45) is 0 Å². The first-order chi connectivity index (χ1) is 8.77. The van der Waals surface area contributed by atoms with E-state index in [1.807, 2.05) is 27.7 Å². The van der Waals surface area contributed by atoms with E-state index < -0.39 is 11.4 Å². The summed E-state index contributed by atoms with van der Waals surface area (Å²) in [5.74, 6) is -1.19. The molecule has 0 saturated heterocycles. The van der Waals surface area contributed by atoms with Crippen molar-refractivity contribution in [3.05, 3.63) is 11.4 Å². The van der Waals surface area contributed by atoms with Crippen molar-refractivity contribution in [1.82, 2.24) is 20.3 Å². The minimum atomic E-state index is -1.10. The third kappa shape index (κ3) is 3.77. The van der Waals surface area contributed by atoms with Gasteiger partial charge in [0, 0.05) is 18.4 Å². The lowest BCUT2D eigenvalue weighted by Crippen LogP contribution is -2.26. The molecule has 0 aliphatic heterocycles. The maximum atomic E-state index is 11.4. The number of carbonyl (C=O) groups is 2. The van der Waals surface area contributed by atoms with Gasteiger partial charge in [-0.05, 0) is 6.92 Å². The maximum Gasteiger partial charge on any atom is 0.358 e. The summed E-state index contributed by atoms with van der Waals surface area (Å²) in [5.41, 5.74) is 0.0750. The first-order valence-electron chi connectivity index (χ1n) is 6.21. The van der Waals surface area contributed by atoms with Crippen LogP contribution >= 0.6 is 0 Å². The number of aromatic carboxylic acids is 1. The zero-order valence-corrected chi connectivity index (χ0v) is 11.7. The summed E-state index contributed by atoms with van der Waals surface area (Å²) < 4.78 is 1.50. The number of aryl methyl sites for hydroxylation is 1. The molecule has 7 heteroatoms. The fraction of sp³-hybridized carbons (Fsp3) is 0.667. The number of carboxylic acids is 1. The molecule has 19 heavy (non-hydrogen) atoms. The number of rotatable bonds is 5. The fourth-order valence-electron chi connectivity index (χ4n) is 1.85. The van der Waals surface area contributed by atoms with Crippen molar-refractivity contribution < 1.29 is 14.7 Å². The molecule has 1 rings (SSSR count). The number of nitrogens with zero attached hydrogens (tertiary/aromatic N) is 3. The zero-order chi connectivity index (χ0) is 14.6. The van der Waals surface area contributed by atoms with E-state index in [0.717, 1.165) is 0 Å². The van der Waals surface area contributed by atoms with Crippen molar-refractivity contribution in [3.63, 3.8) is 0 Å². The van der Waals surface area contributed by atoms with Gasteiger partial charge in [0.1, 0.15) is 0 Å². The van der Waals surface area contributed by atoms with E-state index in [4.69, 9.17) is 5.11 Å². The van der Waals surface area contributed by atoms with E-state index in [-0.39, 0.29) is 18.0 Å². The van der Waals surface area contributed by atoms with Crippen molar-refractivity contribution in [2.75, 3.05) is 6.54 Å². The van der Waals surface area contributed by atoms with Gasteiger partial charge >= 0.3 is 5.97 Å². The minimum Gasteiger partial charge on any atom is -0.476 e. The highest BCUT2D eigenvalue weighted by Gasteiger charge is 2.28. The second-order valence-corrected chi connectivity index (χ2v) is 5.27. The summed E-state index contributed by atoms with van der Waals surface area (Å²) in [5, 5.41) is 19.3. The molecule has 0 aliphatic rings. The minimum absolute atomic E-state index is 0.0524. The molecule has 1 heterocycles. The summed E-state index contributed by atoms with van der Waals surface area (Å²) >= 11 is 0. The lowest BCUT2D eigenvalue weighted by Gasteiger charge is -2.20. The number of carbonyl (C=O) groups excluding carboxylic acids is 1. The molecule has 1 amide bonds. The van der Waals surface area contributed by atoms with Crippen molar-refractivity contribution in [2.45, 2.75) is 46.1 Å². The SMILES string of the molecule is CCNC(=O)CCn1nnc(C(=O)O)c1C(C)(C)C. The average molecular weight is 268 g/mol. The molecule has 0 bridgehead atoms. The Kier molecular flexibility index (Phi) is 4.63. The molecular weight excluding hydrogens is 248 g/mol. The quantitative estimate of drug-likeness (QED) is 0.823. The summed E-state index contributed by atoms with van der Waals surface area (Å²) in [6.07, 6.45) is 0.249. The van der Waals surface area contributed by atoms with Crippen LogP contribution in [0.1, 0.15) is 50.3 Å². The third-order valence-electron chi connectivity index (χ3n) is 2.57. The molecule has 0 unspecified atom stereocenters. The van der Waals surface area contributed by atoms with Gasteiger partial charge in [0.25, 0.3) is 0 Å². The molecular formula is C12H20N4O3. The van der Waals surface area contributed by atoms with Crippen LogP contribution in [0.3, 0.4) is 0 Å². The van der Waals surface area contributed by atoms with Crippen LogP contribution in [0.2, 0.25) is 0 Å². The Balaban J connectivity index is 2.96. The van der Waals surface area contributed by atoms with Gasteiger partial charge in [-0.15, -0.1) is 5.10 Å². The number of hydrogen-bond donors (Lipinski definition) is 2. The van der Waals surface area contributed by atoms with Crippen LogP contribution in [0.4, 0.5) is 0 Å². The van der Waals surface area contributed by atoms with Crippen molar-refractivity contribution >= 4 is 11.9 Å². The molecule has 0 aliphatic carbocycles. The van der Waals surface area contributed by atoms with Gasteiger partial charge in [-0.3, -0.25) is 4.79 Å². The van der Waals surface area contributed by atoms with Crippen LogP contribution in [0, 0.1) is 0 Å². The smallest absolute Gasteiger partial charge is 0.358 e. The highest BCUT2D eigenvalue weighted by Crippen LogP contribution is 2.24. The lowest BCUT2D eigenvalue weighted by atomic mass is 9.90. The Morgan fingerprint density at radius 2 is 2.00 bits per heavy atom.